The van der Waals surface area contributed by atoms with E-state index < -0.39 is 56.2 Å². The molecule has 6 atom stereocenters. The van der Waals surface area contributed by atoms with Gasteiger partial charge in [-0.05, 0) is 65.8 Å². The molecule has 20 heteroatoms. The Morgan fingerprint density at radius 1 is 0.683 bits per heavy atom. The third-order valence-electron chi connectivity index (χ3n) is 9.10. The monoisotopic (exact) mass is 988 g/mol. The van der Waals surface area contributed by atoms with Crippen LogP contribution in [0.25, 0.3) is 0 Å². The zero-order chi connectivity index (χ0) is 42.1. The van der Waals surface area contributed by atoms with Crippen molar-refractivity contribution < 1.29 is 43.9 Å². The lowest BCUT2D eigenvalue weighted by Gasteiger charge is -2.06. The standard InChI is InChI=1S/2C11H9Cl2FO2.2C9H12N2O.4H2S/c2*1-5-4-6(2-3-7(5)14)8-9(10(15)16)11(8,12)13;2*10-8(9(11)12)6-7-4-2-1-3-5-7;;;;/h2*2-4,8-9H,1H3,(H,15,16);2*1-5,8H,6,10H2,(H2,11,12);4*1H2/t8-,9+;;2*8-;;;;/m1.00..../s1. The summed E-state index contributed by atoms with van der Waals surface area (Å²) in [4.78, 5) is 42.9. The summed E-state index contributed by atoms with van der Waals surface area (Å²) in [5, 5.41) is 19.7. The molecule has 2 unspecified atom stereocenters. The second kappa shape index (κ2) is 25.9. The van der Waals surface area contributed by atoms with Gasteiger partial charge in [0.25, 0.3) is 5.91 Å². The van der Waals surface area contributed by atoms with E-state index in [1.54, 1.807) is 26.0 Å². The molecular weight excluding hydrogens is 941 g/mol. The quantitative estimate of drug-likeness (QED) is 0.141. The van der Waals surface area contributed by atoms with Gasteiger partial charge in [-0.1, -0.05) is 108 Å². The zero-order valence-corrected chi connectivity index (χ0v) is 39.3. The van der Waals surface area contributed by atoms with Crippen LogP contribution < -0.4 is 28.0 Å². The molecule has 4 aromatic rings. The van der Waals surface area contributed by atoms with Crippen molar-refractivity contribution in [3.8, 4) is 0 Å². The Morgan fingerprint density at radius 3 is 1.35 bits per heavy atom. The Balaban J connectivity index is 0. The van der Waals surface area contributed by atoms with Crippen molar-refractivity contribution in [3.05, 3.63) is 142 Å². The Kier molecular flexibility index (Phi) is 25.5. The van der Waals surface area contributed by atoms with Gasteiger partial charge in [0.05, 0.1) is 12.0 Å². The molecule has 2 aliphatic rings. The highest BCUT2D eigenvalue weighted by Crippen LogP contribution is 2.65. The highest BCUT2D eigenvalue weighted by atomic mass is 35.5. The van der Waals surface area contributed by atoms with Crippen LogP contribution in [0.2, 0.25) is 0 Å². The van der Waals surface area contributed by atoms with Crippen molar-refractivity contribution >= 4 is 124 Å². The lowest BCUT2D eigenvalue weighted by atomic mass is 10.1. The van der Waals surface area contributed by atoms with Gasteiger partial charge in [-0.3, -0.25) is 14.4 Å². The molecule has 6 rings (SSSR count). The summed E-state index contributed by atoms with van der Waals surface area (Å²) in [5.74, 6) is -6.53. The second-order valence-corrected chi connectivity index (χ2v) is 16.3. The predicted molar refractivity (Wildman–Crippen MR) is 251 cm³/mol. The summed E-state index contributed by atoms with van der Waals surface area (Å²) in [7, 11) is 0. The van der Waals surface area contributed by atoms with Gasteiger partial charge >= 0.3 is 5.97 Å². The van der Waals surface area contributed by atoms with Gasteiger partial charge in [-0.25, -0.2) is 8.78 Å². The molecule has 2 saturated carbocycles. The van der Waals surface area contributed by atoms with Gasteiger partial charge in [0, 0.05) is 30.1 Å². The van der Waals surface area contributed by atoms with Gasteiger partial charge in [0.2, 0.25) is 5.91 Å². The number of amides is 2. The number of primary amides is 2. The number of hydrogen-bond acceptors (Lipinski definition) is 6. The summed E-state index contributed by atoms with van der Waals surface area (Å²) >= 11 is 23.5. The van der Waals surface area contributed by atoms with E-state index in [4.69, 9.17) is 68.7 Å². The first-order chi connectivity index (χ1) is 26.1. The van der Waals surface area contributed by atoms with Crippen LogP contribution in [0.3, 0.4) is 0 Å². The summed E-state index contributed by atoms with van der Waals surface area (Å²) in [5.41, 5.74) is 23.5. The minimum atomic E-state index is -1.34. The number of aryl methyl sites for hydroxylation is 2. The lowest BCUT2D eigenvalue weighted by Crippen LogP contribution is -2.67. The maximum absolute atomic E-state index is 13.0. The first-order valence-corrected chi connectivity index (χ1v) is 18.6. The number of benzene rings is 4. The molecule has 2 aliphatic carbocycles. The first-order valence-electron chi connectivity index (χ1n) is 17.1. The Morgan fingerprint density at radius 2 is 1.05 bits per heavy atom. The number of carbonyl (C=O) groups excluding carboxylic acids is 3. The third kappa shape index (κ3) is 16.4. The molecule has 60 heavy (non-hydrogen) atoms. The molecule has 10 N–H and O–H groups in total. The van der Waals surface area contributed by atoms with Crippen molar-refractivity contribution in [2.24, 2.45) is 29.0 Å². The topological polar surface area (TPSA) is 217 Å². The van der Waals surface area contributed by atoms with E-state index in [0.29, 0.717) is 35.1 Å². The molecule has 0 aliphatic heterocycles. The minimum Gasteiger partial charge on any atom is -0.550 e. The van der Waals surface area contributed by atoms with Gasteiger partial charge in [-0.15, -0.1) is 23.2 Å². The molecule has 0 saturated heterocycles. The molecule has 0 heterocycles. The van der Waals surface area contributed by atoms with Crippen molar-refractivity contribution in [2.45, 2.75) is 59.3 Å². The predicted octanol–water partition coefficient (Wildman–Crippen LogP) is 4.70. The normalized spacial score (nSPS) is 19.1. The lowest BCUT2D eigenvalue weighted by molar-refractivity contribution is -0.402. The molecule has 0 aromatic heterocycles. The van der Waals surface area contributed by atoms with Gasteiger partial charge in [-0.2, -0.15) is 54.0 Å². The number of rotatable bonds is 10. The number of alkyl halides is 4. The number of halogens is 6. The third-order valence-corrected chi connectivity index (χ3v) is 11.0. The van der Waals surface area contributed by atoms with Gasteiger partial charge < -0.3 is 37.9 Å². The molecule has 0 spiro atoms. The first kappa shape index (κ1) is 59.2. The van der Waals surface area contributed by atoms with Crippen LogP contribution in [-0.2, 0) is 32.0 Å². The van der Waals surface area contributed by atoms with Crippen molar-refractivity contribution in [3.63, 3.8) is 0 Å². The molecule has 10 nitrogen and oxygen atoms in total. The number of hydrogen-bond donors (Lipinski definition) is 5. The molecule has 0 radical (unpaired) electrons. The van der Waals surface area contributed by atoms with Gasteiger partial charge in [0.1, 0.15) is 20.3 Å². The number of nitrogens with two attached hydrogens (primary N) is 3. The molecular formula is C40H50Cl4F2N4O6S4. The Labute approximate surface area is 395 Å². The van der Waals surface area contributed by atoms with E-state index in [2.05, 4.69) is 5.73 Å². The fourth-order valence-electron chi connectivity index (χ4n) is 5.77. The van der Waals surface area contributed by atoms with E-state index >= 15 is 0 Å². The van der Waals surface area contributed by atoms with Crippen LogP contribution in [0.15, 0.2) is 97.1 Å². The van der Waals surface area contributed by atoms with Crippen molar-refractivity contribution in [1.82, 2.24) is 0 Å². The van der Waals surface area contributed by atoms with Crippen LogP contribution in [0.5, 0.6) is 0 Å². The van der Waals surface area contributed by atoms with E-state index in [0.717, 1.165) is 11.1 Å². The van der Waals surface area contributed by atoms with Crippen LogP contribution in [0, 0.1) is 37.3 Å². The fourth-order valence-corrected chi connectivity index (χ4v) is 7.40. The van der Waals surface area contributed by atoms with Crippen molar-refractivity contribution in [2.75, 3.05) is 0 Å². The van der Waals surface area contributed by atoms with Crippen molar-refractivity contribution in [1.29, 1.82) is 0 Å². The highest BCUT2D eigenvalue weighted by molar-refractivity contribution is 7.59. The average molecular weight is 991 g/mol. The molecule has 2 fully saturated rings. The highest BCUT2D eigenvalue weighted by Gasteiger charge is 2.68. The number of carboxylic acid groups (broad SMARTS) is 2. The summed E-state index contributed by atoms with van der Waals surface area (Å²) in [6.45, 7) is 3.21. The average Bonchev–Trinajstić information content (AvgIpc) is 3.94. The molecule has 332 valence electrons. The summed E-state index contributed by atoms with van der Waals surface area (Å²) in [6.07, 6.45) is 1.13. The SMILES string of the molecule is Cc1cc(C2C(C(=O)O)C2(Cl)Cl)ccc1F.Cc1cc([C@@H]2[C@@H](C(=O)[O-])C2(Cl)Cl)ccc1F.NC(=O)[C@@H](N)Cc1ccccc1.NC(=O)[C@@H]([NH3+])Cc1ccccc1.S.S.S.S. The van der Waals surface area contributed by atoms with Crippen LogP contribution >= 0.6 is 100 Å². The maximum Gasteiger partial charge on any atom is 0.310 e. The smallest absolute Gasteiger partial charge is 0.310 e. The van der Waals surface area contributed by atoms with Crippen LogP contribution in [0.1, 0.15) is 45.2 Å². The molecule has 4 aromatic carbocycles. The van der Waals surface area contributed by atoms with E-state index in [9.17, 15) is 33.1 Å². The Hall–Kier alpha value is -2.90. The molecule has 2 amide bonds. The van der Waals surface area contributed by atoms with E-state index in [1.165, 1.54) is 24.3 Å². The fraction of sp³-hybridized carbons (Fsp3) is 0.300. The molecule has 0 bridgehead atoms. The van der Waals surface area contributed by atoms with E-state index in [1.807, 2.05) is 60.7 Å². The number of carbonyl (C=O) groups is 4. The zero-order valence-electron chi connectivity index (χ0n) is 32.3. The van der Waals surface area contributed by atoms with E-state index in [-0.39, 0.29) is 77.6 Å². The number of quaternary nitrogens is 1. The number of carboxylic acids is 2. The summed E-state index contributed by atoms with van der Waals surface area (Å²) in [6, 6.07) is 27.1. The number of aliphatic carboxylic acids is 2. The maximum atomic E-state index is 13.0. The minimum absolute atomic E-state index is 0. The summed E-state index contributed by atoms with van der Waals surface area (Å²) < 4.78 is 23.5. The Bertz CT molecular complexity index is 1890. The largest absolute Gasteiger partial charge is 0.550 e. The van der Waals surface area contributed by atoms with Crippen LogP contribution in [0.4, 0.5) is 8.78 Å². The van der Waals surface area contributed by atoms with Crippen LogP contribution in [-0.4, -0.2) is 49.6 Å². The second-order valence-electron chi connectivity index (χ2n) is 13.4. The van der Waals surface area contributed by atoms with Gasteiger partial charge in [0.15, 0.2) is 6.04 Å².